The van der Waals surface area contributed by atoms with Gasteiger partial charge in [0.1, 0.15) is 6.10 Å². The van der Waals surface area contributed by atoms with Gasteiger partial charge in [0.15, 0.2) is 0 Å². The fraction of sp³-hybridized carbons (Fsp3) is 0.267. The van der Waals surface area contributed by atoms with Crippen LogP contribution in [0.25, 0.3) is 5.57 Å². The van der Waals surface area contributed by atoms with E-state index in [0.717, 1.165) is 26.7 Å². The van der Waals surface area contributed by atoms with Crippen LogP contribution in [0.4, 0.5) is 0 Å². The van der Waals surface area contributed by atoms with E-state index in [1.165, 1.54) is 0 Å². The topological polar surface area (TPSA) is 57.5 Å². The van der Waals surface area contributed by atoms with Gasteiger partial charge in [-0.05, 0) is 46.7 Å². The Hall–Kier alpha value is -1.39. The van der Waals surface area contributed by atoms with E-state index in [1.807, 2.05) is 30.4 Å². The predicted molar refractivity (Wildman–Crippen MR) is 75.5 cm³/mol. The van der Waals surface area contributed by atoms with E-state index in [-0.39, 0.29) is 12.3 Å². The van der Waals surface area contributed by atoms with E-state index in [2.05, 4.69) is 15.9 Å². The van der Waals surface area contributed by atoms with E-state index >= 15 is 0 Å². The Morgan fingerprint density at radius 2 is 2.21 bits per heavy atom. The van der Waals surface area contributed by atoms with Gasteiger partial charge in [-0.2, -0.15) is 0 Å². The third kappa shape index (κ3) is 2.15. The lowest BCUT2D eigenvalue weighted by atomic mass is 9.88. The van der Waals surface area contributed by atoms with Crippen LogP contribution < -0.4 is 0 Å². The number of carbonyl (C=O) groups is 1. The molecule has 0 aromatic heterocycles. The fourth-order valence-corrected chi connectivity index (χ4v) is 3.20. The van der Waals surface area contributed by atoms with Crippen molar-refractivity contribution in [2.24, 2.45) is 5.92 Å². The number of hydrogen-bond donors (Lipinski definition) is 2. The van der Waals surface area contributed by atoms with E-state index in [4.69, 9.17) is 5.11 Å². The molecule has 0 amide bonds. The van der Waals surface area contributed by atoms with Crippen LogP contribution in [0.15, 0.2) is 40.4 Å². The zero-order valence-corrected chi connectivity index (χ0v) is 11.7. The molecule has 4 heteroatoms. The molecule has 0 heterocycles. The van der Waals surface area contributed by atoms with Crippen molar-refractivity contribution in [3.8, 4) is 0 Å². The van der Waals surface area contributed by atoms with Crippen molar-refractivity contribution in [2.75, 3.05) is 0 Å². The molecule has 2 unspecified atom stereocenters. The molecule has 1 aromatic rings. The standard InChI is InChI=1S/C15H13BrO3/c16-9-2-4-11-12(7-9)10-3-1-8(6-14(17)18)5-13(10)15(11)19/h2-5,7-8,15,19H,1,6H2,(H,17,18). The van der Waals surface area contributed by atoms with Crippen molar-refractivity contribution in [1.82, 2.24) is 0 Å². The molecule has 0 saturated carbocycles. The summed E-state index contributed by atoms with van der Waals surface area (Å²) in [7, 11) is 0. The molecule has 0 radical (unpaired) electrons. The van der Waals surface area contributed by atoms with Crippen LogP contribution in [0, 0.1) is 5.92 Å². The highest BCUT2D eigenvalue weighted by molar-refractivity contribution is 9.10. The van der Waals surface area contributed by atoms with Gasteiger partial charge in [0.05, 0.1) is 6.42 Å². The van der Waals surface area contributed by atoms with E-state index < -0.39 is 12.1 Å². The van der Waals surface area contributed by atoms with E-state index in [9.17, 15) is 9.90 Å². The second-order valence-corrected chi connectivity index (χ2v) is 5.88. The van der Waals surface area contributed by atoms with Gasteiger partial charge in [0, 0.05) is 4.47 Å². The zero-order chi connectivity index (χ0) is 13.6. The summed E-state index contributed by atoms with van der Waals surface area (Å²) in [6.07, 6.45) is 4.15. The number of carboxylic acids is 1. The number of carboxylic acid groups (broad SMARTS) is 1. The lowest BCUT2D eigenvalue weighted by Crippen LogP contribution is -2.09. The van der Waals surface area contributed by atoms with Crippen LogP contribution in [-0.4, -0.2) is 16.2 Å². The van der Waals surface area contributed by atoms with E-state index in [1.54, 1.807) is 0 Å². The molecule has 0 spiro atoms. The van der Waals surface area contributed by atoms with Gasteiger partial charge in [-0.15, -0.1) is 0 Å². The molecule has 0 aliphatic heterocycles. The Kier molecular flexibility index (Phi) is 3.07. The summed E-state index contributed by atoms with van der Waals surface area (Å²) in [5.74, 6) is -0.824. The summed E-state index contributed by atoms with van der Waals surface area (Å²) < 4.78 is 0.980. The van der Waals surface area contributed by atoms with Gasteiger partial charge in [0.2, 0.25) is 0 Å². The maximum atomic E-state index is 10.8. The van der Waals surface area contributed by atoms with Crippen molar-refractivity contribution in [2.45, 2.75) is 18.9 Å². The normalized spacial score (nSPS) is 24.3. The monoisotopic (exact) mass is 320 g/mol. The molecule has 3 nitrogen and oxygen atoms in total. The number of hydrogen-bond acceptors (Lipinski definition) is 2. The Labute approximate surface area is 119 Å². The second kappa shape index (κ2) is 4.62. The van der Waals surface area contributed by atoms with Gasteiger partial charge < -0.3 is 10.2 Å². The zero-order valence-electron chi connectivity index (χ0n) is 10.1. The number of halogens is 1. The van der Waals surface area contributed by atoms with Crippen LogP contribution in [-0.2, 0) is 4.79 Å². The maximum absolute atomic E-state index is 10.8. The summed E-state index contributed by atoms with van der Waals surface area (Å²) in [4.78, 5) is 10.8. The van der Waals surface area contributed by atoms with Gasteiger partial charge in [0.25, 0.3) is 0 Å². The second-order valence-electron chi connectivity index (χ2n) is 4.97. The van der Waals surface area contributed by atoms with Gasteiger partial charge in [-0.3, -0.25) is 4.79 Å². The first-order chi connectivity index (χ1) is 9.06. The number of aliphatic carboxylic acids is 1. The first kappa shape index (κ1) is 12.6. The first-order valence-electron chi connectivity index (χ1n) is 6.18. The molecule has 1 aromatic carbocycles. The summed E-state index contributed by atoms with van der Waals surface area (Å²) >= 11 is 3.44. The highest BCUT2D eigenvalue weighted by atomic mass is 79.9. The van der Waals surface area contributed by atoms with Crippen LogP contribution in [0.3, 0.4) is 0 Å². The molecule has 2 aliphatic carbocycles. The molecule has 19 heavy (non-hydrogen) atoms. The summed E-state index contributed by atoms with van der Waals surface area (Å²) in [6, 6.07) is 5.83. The Morgan fingerprint density at radius 1 is 1.42 bits per heavy atom. The van der Waals surface area contributed by atoms with Crippen LogP contribution >= 0.6 is 15.9 Å². The number of benzene rings is 1. The molecule has 0 fully saturated rings. The van der Waals surface area contributed by atoms with Gasteiger partial charge >= 0.3 is 5.97 Å². The number of aliphatic hydroxyl groups excluding tert-OH is 1. The minimum Gasteiger partial charge on any atom is -0.481 e. The van der Waals surface area contributed by atoms with Crippen molar-refractivity contribution in [3.63, 3.8) is 0 Å². The van der Waals surface area contributed by atoms with Crippen LogP contribution in [0.1, 0.15) is 30.1 Å². The number of allylic oxidation sites excluding steroid dienone is 2. The molecular weight excluding hydrogens is 308 g/mol. The predicted octanol–water partition coefficient (Wildman–Crippen LogP) is 3.30. The SMILES string of the molecule is O=C(O)CC1C=C2C(=CC1)c1cc(Br)ccc1C2O. The minimum atomic E-state index is -0.800. The van der Waals surface area contributed by atoms with Crippen LogP contribution in [0.5, 0.6) is 0 Å². The lowest BCUT2D eigenvalue weighted by Gasteiger charge is -2.18. The number of fused-ring (bicyclic) bond motifs is 3. The summed E-state index contributed by atoms with van der Waals surface area (Å²) in [6.45, 7) is 0. The van der Waals surface area contributed by atoms with E-state index in [0.29, 0.717) is 6.42 Å². The number of rotatable bonds is 2. The van der Waals surface area contributed by atoms with Crippen molar-refractivity contribution >= 4 is 27.5 Å². The molecule has 3 rings (SSSR count). The Bertz CT molecular complexity index is 616. The molecule has 98 valence electrons. The smallest absolute Gasteiger partial charge is 0.303 e. The fourth-order valence-electron chi connectivity index (χ4n) is 2.84. The number of aliphatic hydroxyl groups is 1. The van der Waals surface area contributed by atoms with Crippen molar-refractivity contribution < 1.29 is 15.0 Å². The summed E-state index contributed by atoms with van der Waals surface area (Å²) in [5, 5.41) is 19.2. The molecular formula is C15H13BrO3. The average Bonchev–Trinajstić information content (AvgIpc) is 2.62. The van der Waals surface area contributed by atoms with Crippen molar-refractivity contribution in [1.29, 1.82) is 0 Å². The highest BCUT2D eigenvalue weighted by Crippen LogP contribution is 2.48. The van der Waals surface area contributed by atoms with Crippen molar-refractivity contribution in [3.05, 3.63) is 51.5 Å². The quantitative estimate of drug-likeness (QED) is 0.879. The molecule has 2 aliphatic rings. The first-order valence-corrected chi connectivity index (χ1v) is 6.97. The van der Waals surface area contributed by atoms with Crippen LogP contribution in [0.2, 0.25) is 0 Å². The largest absolute Gasteiger partial charge is 0.481 e. The Morgan fingerprint density at radius 3 is 2.95 bits per heavy atom. The van der Waals surface area contributed by atoms with Gasteiger partial charge in [-0.1, -0.05) is 34.1 Å². The molecule has 2 N–H and O–H groups in total. The highest BCUT2D eigenvalue weighted by Gasteiger charge is 2.32. The summed E-state index contributed by atoms with van der Waals surface area (Å²) in [5.41, 5.74) is 3.84. The molecule has 0 bridgehead atoms. The molecule has 2 atom stereocenters. The van der Waals surface area contributed by atoms with Gasteiger partial charge in [-0.25, -0.2) is 0 Å². The third-order valence-corrected chi connectivity index (χ3v) is 4.18. The maximum Gasteiger partial charge on any atom is 0.303 e. The lowest BCUT2D eigenvalue weighted by molar-refractivity contribution is -0.137. The third-order valence-electron chi connectivity index (χ3n) is 3.68. The molecule has 0 saturated heterocycles. The average molecular weight is 321 g/mol. The minimum absolute atomic E-state index is 0.0244. The Balaban J connectivity index is 2.00.